The average Bonchev–Trinajstić information content (AvgIpc) is 3.50. The molecule has 1 saturated carbocycles. The number of alkyl halides is 3. The van der Waals surface area contributed by atoms with Crippen LogP contribution in [-0.4, -0.2) is 77.6 Å². The van der Waals surface area contributed by atoms with Crippen LogP contribution in [-0.2, 0) is 22.2 Å². The zero-order chi connectivity index (χ0) is 29.9. The van der Waals surface area contributed by atoms with Crippen LogP contribution in [0.3, 0.4) is 0 Å². The van der Waals surface area contributed by atoms with E-state index in [4.69, 9.17) is 13.6 Å². The molecule has 39 heavy (non-hydrogen) atoms. The summed E-state index contributed by atoms with van der Waals surface area (Å²) >= 11 is 0. The van der Waals surface area contributed by atoms with Crippen molar-refractivity contribution in [1.29, 1.82) is 0 Å². The van der Waals surface area contributed by atoms with Crippen LogP contribution in [0.25, 0.3) is 5.52 Å². The predicted octanol–water partition coefficient (Wildman–Crippen LogP) is 2.80. The van der Waals surface area contributed by atoms with E-state index in [1.807, 2.05) is 11.8 Å². The second kappa shape index (κ2) is 10.5. The van der Waals surface area contributed by atoms with Crippen LogP contribution in [0, 0.1) is 11.3 Å². The summed E-state index contributed by atoms with van der Waals surface area (Å²) in [5.41, 5.74) is 4.78. The number of ether oxygens (including phenoxy) is 2. The van der Waals surface area contributed by atoms with Crippen molar-refractivity contribution in [2.75, 3.05) is 46.6 Å². The normalized spacial score (nSPS) is 32.1. The number of aromatic nitrogens is 2. The predicted molar refractivity (Wildman–Crippen MR) is 139 cm³/mol. The van der Waals surface area contributed by atoms with Gasteiger partial charge in [-0.15, -0.1) is 0 Å². The first-order valence-electron chi connectivity index (χ1n) is 15.3. The van der Waals surface area contributed by atoms with E-state index in [0.717, 1.165) is 17.2 Å². The molecule has 0 radical (unpaired) electrons. The van der Waals surface area contributed by atoms with Gasteiger partial charge in [0.25, 0.3) is 0 Å². The average molecular weight is 556 g/mol. The number of morpholine rings is 1. The van der Waals surface area contributed by atoms with Crippen molar-refractivity contribution in [3.05, 3.63) is 40.1 Å². The highest BCUT2D eigenvalue weighted by Gasteiger charge is 2.49. The largest absolute Gasteiger partial charge is 0.418 e. The zero-order valence-corrected chi connectivity index (χ0v) is 22.2. The van der Waals surface area contributed by atoms with Crippen LogP contribution < -0.4 is 16.5 Å². The van der Waals surface area contributed by atoms with Crippen LogP contribution in [0.1, 0.15) is 60.3 Å². The first kappa shape index (κ1) is 23.7. The first-order chi connectivity index (χ1) is 19.8. The van der Waals surface area contributed by atoms with Crippen molar-refractivity contribution < 1.29 is 26.8 Å². The third-order valence-electron chi connectivity index (χ3n) is 9.06. The molecule has 216 valence electrons. The third-order valence-corrected chi connectivity index (χ3v) is 9.06. The fourth-order valence-electron chi connectivity index (χ4n) is 6.97. The number of halogens is 3. The van der Waals surface area contributed by atoms with Crippen molar-refractivity contribution in [3.8, 4) is 0 Å². The molecule has 3 unspecified atom stereocenters. The van der Waals surface area contributed by atoms with E-state index in [2.05, 4.69) is 10.9 Å². The number of rotatable bonds is 6. The zero-order valence-electron chi connectivity index (χ0n) is 25.2. The molecule has 0 aromatic carbocycles. The lowest BCUT2D eigenvalue weighted by Gasteiger charge is -2.51. The van der Waals surface area contributed by atoms with Gasteiger partial charge in [-0.1, -0.05) is 6.42 Å². The lowest BCUT2D eigenvalue weighted by atomic mass is 9.64. The molecule has 12 heteroatoms. The van der Waals surface area contributed by atoms with E-state index in [1.54, 1.807) is 6.20 Å². The molecular weight excluding hydrogens is 513 g/mol. The first-order valence-corrected chi connectivity index (χ1v) is 13.8. The summed E-state index contributed by atoms with van der Waals surface area (Å²) in [5, 5.41) is 0. The van der Waals surface area contributed by atoms with Gasteiger partial charge in [-0.2, -0.15) is 13.2 Å². The number of nitrogens with zero attached hydrogens (tertiary/aromatic N) is 4. The Bertz CT molecular complexity index is 1340. The minimum atomic E-state index is -4.61. The summed E-state index contributed by atoms with van der Waals surface area (Å²) in [5.74, 6) is 0.140. The van der Waals surface area contributed by atoms with Gasteiger partial charge >= 0.3 is 11.9 Å². The monoisotopic (exact) mass is 555 g/mol. The molecule has 2 aromatic heterocycles. The molecule has 5 heterocycles. The standard InChI is InChI=1S/C27H39F3N6O3/c1-18-11-34(6-7-39-18)12-19-8-22(27(28,29)30)23-14-35(25(37)36(23)13-19)21-5-3-4-20(9-21)26(15-38-16-26)10-24-32-31-17-33(24)2/h8,13-14,18,20-21,24,31-32H,3-7,9-12,15-17H2,1-2H3/t18-,20?,21?,24?/m1/s1/i2D3. The van der Waals surface area contributed by atoms with Crippen molar-refractivity contribution in [2.45, 2.75) is 70.1 Å². The SMILES string of the molecule is [2H]C([2H])([2H])N1CNNC1CC1(C2CCCC(n3cc4c(C(F)(F)F)cc(CN5CCO[C@H](C)C5)cn4c3=O)C2)COC1. The van der Waals surface area contributed by atoms with Crippen molar-refractivity contribution in [1.82, 2.24) is 29.6 Å². The van der Waals surface area contributed by atoms with Gasteiger partial charge in [0.05, 0.1) is 49.8 Å². The number of hydrogen-bond acceptors (Lipinski definition) is 7. The summed E-state index contributed by atoms with van der Waals surface area (Å²) < 4.78 is 80.4. The van der Waals surface area contributed by atoms with Crippen LogP contribution >= 0.6 is 0 Å². The summed E-state index contributed by atoms with van der Waals surface area (Å²) in [7, 11) is 0. The number of imidazole rings is 1. The van der Waals surface area contributed by atoms with Gasteiger partial charge in [0.1, 0.15) is 0 Å². The molecule has 6 rings (SSSR count). The molecule has 4 aliphatic rings. The molecule has 0 amide bonds. The Morgan fingerprint density at radius 3 is 2.82 bits per heavy atom. The lowest BCUT2D eigenvalue weighted by Crippen LogP contribution is -2.54. The Morgan fingerprint density at radius 2 is 2.10 bits per heavy atom. The molecule has 2 N–H and O–H groups in total. The topological polar surface area (TPSA) is 75.4 Å². The van der Waals surface area contributed by atoms with Gasteiger partial charge in [0.2, 0.25) is 0 Å². The van der Waals surface area contributed by atoms with Crippen LogP contribution in [0.2, 0.25) is 0 Å². The Morgan fingerprint density at radius 1 is 1.26 bits per heavy atom. The van der Waals surface area contributed by atoms with Gasteiger partial charge < -0.3 is 9.47 Å². The van der Waals surface area contributed by atoms with Gasteiger partial charge in [-0.05, 0) is 57.1 Å². The number of pyridine rings is 1. The molecular formula is C27H39F3N6O3. The fraction of sp³-hybridized carbons (Fsp3) is 0.741. The van der Waals surface area contributed by atoms with Gasteiger partial charge in [-0.3, -0.25) is 18.8 Å². The van der Waals surface area contributed by atoms with Crippen molar-refractivity contribution >= 4 is 5.52 Å². The van der Waals surface area contributed by atoms with E-state index in [-0.39, 0.29) is 35.7 Å². The summed E-state index contributed by atoms with van der Waals surface area (Å²) in [6.07, 6.45) is 1.49. The molecule has 1 aliphatic carbocycles. The quantitative estimate of drug-likeness (QED) is 0.568. The Hall–Kier alpha value is -1.96. The second-order valence-electron chi connectivity index (χ2n) is 11.8. The van der Waals surface area contributed by atoms with E-state index in [9.17, 15) is 18.0 Å². The molecule has 4 atom stereocenters. The Labute approximate surface area is 230 Å². The summed E-state index contributed by atoms with van der Waals surface area (Å²) in [6, 6.07) is 0.912. The summed E-state index contributed by atoms with van der Waals surface area (Å²) in [4.78, 5) is 17.2. The van der Waals surface area contributed by atoms with E-state index in [1.165, 1.54) is 21.7 Å². The molecule has 0 bridgehead atoms. The van der Waals surface area contributed by atoms with Gasteiger partial charge in [-0.25, -0.2) is 15.6 Å². The Balaban J connectivity index is 1.27. The number of fused-ring (bicyclic) bond motifs is 1. The second-order valence-corrected chi connectivity index (χ2v) is 11.8. The maximum atomic E-state index is 14.3. The Kier molecular flexibility index (Phi) is 6.36. The van der Waals surface area contributed by atoms with Crippen LogP contribution in [0.5, 0.6) is 0 Å². The fourth-order valence-corrected chi connectivity index (χ4v) is 6.97. The number of hydrazine groups is 1. The lowest BCUT2D eigenvalue weighted by molar-refractivity contribution is -0.167. The van der Waals surface area contributed by atoms with Gasteiger partial charge in [0, 0.05) is 47.6 Å². The van der Waals surface area contributed by atoms with Crippen molar-refractivity contribution in [3.63, 3.8) is 0 Å². The maximum absolute atomic E-state index is 14.3. The van der Waals surface area contributed by atoms with Crippen LogP contribution in [0.4, 0.5) is 13.2 Å². The minimum Gasteiger partial charge on any atom is -0.380 e. The minimum absolute atomic E-state index is 0.00534. The third kappa shape index (κ3) is 5.27. The molecule has 4 fully saturated rings. The van der Waals surface area contributed by atoms with Gasteiger partial charge in [0.15, 0.2) is 0 Å². The van der Waals surface area contributed by atoms with Crippen molar-refractivity contribution in [2.24, 2.45) is 11.3 Å². The summed E-state index contributed by atoms with van der Waals surface area (Å²) in [6.45, 7) is 2.91. The molecule has 2 aromatic rings. The highest BCUT2D eigenvalue weighted by molar-refractivity contribution is 5.56. The highest BCUT2D eigenvalue weighted by Crippen LogP contribution is 2.49. The molecule has 3 aliphatic heterocycles. The highest BCUT2D eigenvalue weighted by atomic mass is 19.4. The molecule has 3 saturated heterocycles. The van der Waals surface area contributed by atoms with E-state index >= 15 is 0 Å². The van der Waals surface area contributed by atoms with E-state index in [0.29, 0.717) is 64.3 Å². The number of hydrogen-bond donors (Lipinski definition) is 2. The van der Waals surface area contributed by atoms with Crippen LogP contribution in [0.15, 0.2) is 23.3 Å². The molecule has 9 nitrogen and oxygen atoms in total. The number of nitrogens with one attached hydrogen (secondary N) is 2. The maximum Gasteiger partial charge on any atom is 0.418 e. The smallest absolute Gasteiger partial charge is 0.380 e. The molecule has 0 spiro atoms. The van der Waals surface area contributed by atoms with E-state index < -0.39 is 30.6 Å².